The third-order valence-corrected chi connectivity index (χ3v) is 5.63. The first-order valence-corrected chi connectivity index (χ1v) is 8.49. The lowest BCUT2D eigenvalue weighted by Crippen LogP contribution is -2.50. The second-order valence-corrected chi connectivity index (χ2v) is 7.25. The van der Waals surface area contributed by atoms with Crippen molar-refractivity contribution in [3.63, 3.8) is 0 Å². The molecule has 0 spiro atoms. The number of urea groups is 1. The van der Waals surface area contributed by atoms with Crippen LogP contribution in [-0.4, -0.2) is 37.9 Å². The van der Waals surface area contributed by atoms with E-state index in [0.717, 1.165) is 51.4 Å². The van der Waals surface area contributed by atoms with Gasteiger partial charge in [-0.15, -0.1) is 0 Å². The maximum atomic E-state index is 12.1. The van der Waals surface area contributed by atoms with E-state index in [1.165, 1.54) is 4.31 Å². The van der Waals surface area contributed by atoms with Gasteiger partial charge < -0.3 is 5.32 Å². The zero-order valence-corrected chi connectivity index (χ0v) is 12.2. The Morgan fingerprint density at radius 1 is 1.05 bits per heavy atom. The number of carbonyl (C=O) groups is 1. The van der Waals surface area contributed by atoms with E-state index < -0.39 is 16.2 Å². The molecule has 0 aliphatic heterocycles. The van der Waals surface area contributed by atoms with Crippen LogP contribution >= 0.6 is 0 Å². The lowest BCUT2D eigenvalue weighted by Gasteiger charge is -2.24. The summed E-state index contributed by atoms with van der Waals surface area (Å²) >= 11 is 0. The number of nitrogens with one attached hydrogen (secondary N) is 2. The third-order valence-electron chi connectivity index (χ3n) is 4.13. The van der Waals surface area contributed by atoms with Crippen LogP contribution in [0.15, 0.2) is 0 Å². The van der Waals surface area contributed by atoms with Gasteiger partial charge in [0.1, 0.15) is 0 Å². The number of hydrogen-bond donors (Lipinski definition) is 2. The largest absolute Gasteiger partial charge is 0.335 e. The molecule has 7 heteroatoms. The molecule has 0 saturated heterocycles. The van der Waals surface area contributed by atoms with Gasteiger partial charge in [0.25, 0.3) is 0 Å². The monoisotopic (exact) mass is 289 g/mol. The summed E-state index contributed by atoms with van der Waals surface area (Å²) in [7, 11) is -2.17. The molecule has 2 saturated carbocycles. The lowest BCUT2D eigenvalue weighted by molar-refractivity contribution is 0.241. The highest BCUT2D eigenvalue weighted by Gasteiger charge is 2.30. The number of carbonyl (C=O) groups excluding carboxylic acids is 1. The van der Waals surface area contributed by atoms with E-state index in [0.29, 0.717) is 0 Å². The molecule has 19 heavy (non-hydrogen) atoms. The van der Waals surface area contributed by atoms with E-state index >= 15 is 0 Å². The first-order chi connectivity index (χ1) is 8.99. The minimum absolute atomic E-state index is 0.0248. The molecule has 2 aliphatic carbocycles. The Bertz CT molecular complexity index is 412. The molecule has 0 radical (unpaired) electrons. The molecular formula is C12H23N3O3S. The second kappa shape index (κ2) is 6.09. The average molecular weight is 289 g/mol. The Labute approximate surface area is 115 Å². The predicted octanol–water partition coefficient (Wildman–Crippen LogP) is 1.35. The fourth-order valence-corrected chi connectivity index (χ4v) is 3.98. The molecule has 2 aliphatic rings. The van der Waals surface area contributed by atoms with E-state index in [4.69, 9.17) is 0 Å². The first-order valence-electron chi connectivity index (χ1n) is 7.05. The van der Waals surface area contributed by atoms with Gasteiger partial charge in [0.2, 0.25) is 0 Å². The highest BCUT2D eigenvalue weighted by Crippen LogP contribution is 2.23. The van der Waals surface area contributed by atoms with E-state index in [9.17, 15) is 13.2 Å². The van der Waals surface area contributed by atoms with Crippen LogP contribution in [0.2, 0.25) is 0 Å². The van der Waals surface area contributed by atoms with Crippen LogP contribution in [0.1, 0.15) is 51.4 Å². The van der Waals surface area contributed by atoms with Gasteiger partial charge in [-0.25, -0.2) is 9.52 Å². The molecule has 2 rings (SSSR count). The third kappa shape index (κ3) is 3.82. The number of rotatable bonds is 4. The maximum absolute atomic E-state index is 12.1. The fraction of sp³-hybridized carbons (Fsp3) is 0.917. The van der Waals surface area contributed by atoms with Crippen LogP contribution in [0.4, 0.5) is 4.79 Å². The van der Waals surface area contributed by atoms with Gasteiger partial charge >= 0.3 is 16.2 Å². The van der Waals surface area contributed by atoms with Crippen molar-refractivity contribution in [2.45, 2.75) is 63.5 Å². The SMILES string of the molecule is CN(C1CCCC1)S(=O)(=O)NC(=O)NC1CCCC1. The van der Waals surface area contributed by atoms with E-state index in [1.54, 1.807) is 7.05 Å². The second-order valence-electron chi connectivity index (χ2n) is 5.52. The molecule has 0 unspecified atom stereocenters. The van der Waals surface area contributed by atoms with Crippen molar-refractivity contribution >= 4 is 16.2 Å². The van der Waals surface area contributed by atoms with Crippen LogP contribution in [0, 0.1) is 0 Å². The molecule has 0 aromatic heterocycles. The normalized spacial score (nSPS) is 22.0. The van der Waals surface area contributed by atoms with Crippen molar-refractivity contribution < 1.29 is 13.2 Å². The fourth-order valence-electron chi connectivity index (χ4n) is 2.94. The summed E-state index contributed by atoms with van der Waals surface area (Å²) in [6.07, 6.45) is 7.93. The van der Waals surface area contributed by atoms with Crippen molar-refractivity contribution in [3.05, 3.63) is 0 Å². The summed E-state index contributed by atoms with van der Waals surface area (Å²) in [5.74, 6) is 0. The smallest absolute Gasteiger partial charge is 0.329 e. The Balaban J connectivity index is 1.86. The zero-order chi connectivity index (χ0) is 13.9. The Morgan fingerprint density at radius 3 is 2.16 bits per heavy atom. The van der Waals surface area contributed by atoms with Gasteiger partial charge in [-0.05, 0) is 25.7 Å². The summed E-state index contributed by atoms with van der Waals surface area (Å²) in [6.45, 7) is 0. The molecule has 2 N–H and O–H groups in total. The van der Waals surface area contributed by atoms with Crippen molar-refractivity contribution in [1.82, 2.24) is 14.3 Å². The minimum Gasteiger partial charge on any atom is -0.335 e. The topological polar surface area (TPSA) is 78.5 Å². The van der Waals surface area contributed by atoms with Gasteiger partial charge in [0.05, 0.1) is 0 Å². The van der Waals surface area contributed by atoms with E-state index in [-0.39, 0.29) is 12.1 Å². The summed E-state index contributed by atoms with van der Waals surface area (Å²) in [5.41, 5.74) is 0. The van der Waals surface area contributed by atoms with Crippen LogP contribution in [0.5, 0.6) is 0 Å². The van der Waals surface area contributed by atoms with Gasteiger partial charge in [0.15, 0.2) is 0 Å². The molecule has 2 amide bonds. The highest BCUT2D eigenvalue weighted by molar-refractivity contribution is 7.87. The van der Waals surface area contributed by atoms with Gasteiger partial charge in [0, 0.05) is 19.1 Å². The first kappa shape index (κ1) is 14.6. The van der Waals surface area contributed by atoms with Crippen molar-refractivity contribution in [3.8, 4) is 0 Å². The van der Waals surface area contributed by atoms with E-state index in [2.05, 4.69) is 10.0 Å². The van der Waals surface area contributed by atoms with Crippen molar-refractivity contribution in [1.29, 1.82) is 0 Å². The Hall–Kier alpha value is -0.820. The van der Waals surface area contributed by atoms with E-state index in [1.807, 2.05) is 0 Å². The van der Waals surface area contributed by atoms with Gasteiger partial charge in [-0.3, -0.25) is 0 Å². The van der Waals surface area contributed by atoms with Crippen LogP contribution in [-0.2, 0) is 10.2 Å². The predicted molar refractivity (Wildman–Crippen MR) is 72.9 cm³/mol. The molecular weight excluding hydrogens is 266 g/mol. The Morgan fingerprint density at radius 2 is 1.58 bits per heavy atom. The summed E-state index contributed by atoms with van der Waals surface area (Å²) < 4.78 is 27.5. The molecule has 0 atom stereocenters. The summed E-state index contributed by atoms with van der Waals surface area (Å²) in [5, 5.41) is 2.72. The van der Waals surface area contributed by atoms with Crippen LogP contribution in [0.25, 0.3) is 0 Å². The van der Waals surface area contributed by atoms with Crippen LogP contribution in [0.3, 0.4) is 0 Å². The molecule has 0 aromatic carbocycles. The summed E-state index contributed by atoms with van der Waals surface area (Å²) in [6, 6.07) is -0.458. The molecule has 0 bridgehead atoms. The molecule has 110 valence electrons. The molecule has 6 nitrogen and oxygen atoms in total. The highest BCUT2D eigenvalue weighted by atomic mass is 32.2. The number of amides is 2. The lowest BCUT2D eigenvalue weighted by atomic mass is 10.3. The maximum Gasteiger partial charge on any atom is 0.329 e. The summed E-state index contributed by atoms with van der Waals surface area (Å²) in [4.78, 5) is 11.7. The number of nitrogens with zero attached hydrogens (tertiary/aromatic N) is 1. The van der Waals surface area contributed by atoms with Gasteiger partial charge in [-0.2, -0.15) is 12.7 Å². The van der Waals surface area contributed by atoms with Gasteiger partial charge in [-0.1, -0.05) is 25.7 Å². The minimum atomic E-state index is -3.71. The zero-order valence-electron chi connectivity index (χ0n) is 11.4. The molecule has 0 aromatic rings. The quantitative estimate of drug-likeness (QED) is 0.820. The standard InChI is InChI=1S/C12H23N3O3S/c1-15(11-8-4-5-9-11)19(17,18)14-12(16)13-10-6-2-3-7-10/h10-11H,2-9H2,1H3,(H2,13,14,16). The molecule has 0 heterocycles. The van der Waals surface area contributed by atoms with Crippen LogP contribution < -0.4 is 10.0 Å². The number of hydrogen-bond acceptors (Lipinski definition) is 3. The van der Waals surface area contributed by atoms with Crippen molar-refractivity contribution in [2.75, 3.05) is 7.05 Å². The average Bonchev–Trinajstić information content (AvgIpc) is 2.98. The van der Waals surface area contributed by atoms with Crippen molar-refractivity contribution in [2.24, 2.45) is 0 Å². The Kier molecular flexibility index (Phi) is 4.67. The molecule has 2 fully saturated rings.